The molecule has 0 spiro atoms. The highest BCUT2D eigenvalue weighted by Gasteiger charge is 2.26. The Bertz CT molecular complexity index is 348. The lowest BCUT2D eigenvalue weighted by atomic mass is 9.85. The van der Waals surface area contributed by atoms with Crippen molar-refractivity contribution in [1.82, 2.24) is 5.32 Å². The van der Waals surface area contributed by atoms with Crippen LogP contribution in [0, 0.1) is 0 Å². The van der Waals surface area contributed by atoms with Crippen LogP contribution in [0.25, 0.3) is 0 Å². The fraction of sp³-hybridized carbons (Fsp3) is 0.500. The second-order valence-corrected chi connectivity index (χ2v) is 4.98. The molecule has 2 nitrogen and oxygen atoms in total. The van der Waals surface area contributed by atoms with Crippen molar-refractivity contribution in [3.05, 3.63) is 29.3 Å². The Morgan fingerprint density at radius 1 is 1.36 bits per heavy atom. The molecule has 1 fully saturated rings. The summed E-state index contributed by atoms with van der Waals surface area (Å²) in [6.45, 7) is 7.54. The number of hydrogen-bond donors (Lipinski definition) is 2. The van der Waals surface area contributed by atoms with Gasteiger partial charge in [0.1, 0.15) is 5.75 Å². The minimum Gasteiger partial charge on any atom is -0.508 e. The van der Waals surface area contributed by atoms with Crippen LogP contribution < -0.4 is 5.32 Å². The zero-order valence-corrected chi connectivity index (χ0v) is 8.96. The molecule has 0 bridgehead atoms. The summed E-state index contributed by atoms with van der Waals surface area (Å²) in [4.78, 5) is 0. The van der Waals surface area contributed by atoms with Gasteiger partial charge in [-0.2, -0.15) is 0 Å². The number of rotatable bonds is 1. The smallest absolute Gasteiger partial charge is 0.120 e. The Morgan fingerprint density at radius 2 is 2.00 bits per heavy atom. The van der Waals surface area contributed by atoms with Gasteiger partial charge in [0.15, 0.2) is 0 Å². The second-order valence-electron chi connectivity index (χ2n) is 4.98. The highest BCUT2D eigenvalue weighted by Crippen LogP contribution is 2.33. The van der Waals surface area contributed by atoms with Gasteiger partial charge in [0.2, 0.25) is 0 Å². The first-order chi connectivity index (χ1) is 6.48. The Morgan fingerprint density at radius 3 is 2.50 bits per heavy atom. The molecule has 0 saturated carbocycles. The topological polar surface area (TPSA) is 42.2 Å². The summed E-state index contributed by atoms with van der Waals surface area (Å²) in [6, 6.07) is 6.29. The third-order valence-corrected chi connectivity index (χ3v) is 2.68. The molecule has 0 aliphatic carbocycles. The lowest BCUT2D eigenvalue weighted by Gasteiger charge is -2.20. The van der Waals surface area contributed by atoms with E-state index in [-0.39, 0.29) is 5.41 Å². The predicted octanol–water partition coefficient (Wildman–Crippen LogP) is 2.33. The first-order valence-corrected chi connectivity index (χ1v) is 5.05. The number of benzene rings is 1. The fourth-order valence-electron chi connectivity index (χ4n) is 1.58. The van der Waals surface area contributed by atoms with E-state index in [1.165, 1.54) is 5.56 Å². The van der Waals surface area contributed by atoms with Crippen molar-refractivity contribution < 1.29 is 5.11 Å². The highest BCUT2D eigenvalue weighted by atomic mass is 16.3. The van der Waals surface area contributed by atoms with Crippen LogP contribution in [-0.2, 0) is 5.41 Å². The SMILES string of the molecule is CC(C)(C)c1ccc(O)c([C@H]2CN2)c1. The van der Waals surface area contributed by atoms with Crippen LogP contribution >= 0.6 is 0 Å². The summed E-state index contributed by atoms with van der Waals surface area (Å²) >= 11 is 0. The third kappa shape index (κ3) is 1.75. The average molecular weight is 191 g/mol. The number of aromatic hydroxyl groups is 1. The lowest BCUT2D eigenvalue weighted by Crippen LogP contribution is -2.11. The van der Waals surface area contributed by atoms with E-state index in [9.17, 15) is 5.11 Å². The van der Waals surface area contributed by atoms with E-state index in [0.29, 0.717) is 11.8 Å². The van der Waals surface area contributed by atoms with Crippen LogP contribution in [0.1, 0.15) is 37.9 Å². The van der Waals surface area contributed by atoms with Gasteiger partial charge in [-0.15, -0.1) is 0 Å². The zero-order chi connectivity index (χ0) is 10.3. The van der Waals surface area contributed by atoms with Crippen LogP contribution in [-0.4, -0.2) is 11.7 Å². The van der Waals surface area contributed by atoms with Gasteiger partial charge in [0, 0.05) is 18.2 Å². The van der Waals surface area contributed by atoms with E-state index >= 15 is 0 Å². The molecule has 14 heavy (non-hydrogen) atoms. The van der Waals surface area contributed by atoms with Crippen molar-refractivity contribution in [1.29, 1.82) is 0 Å². The van der Waals surface area contributed by atoms with E-state index < -0.39 is 0 Å². The molecule has 1 aliphatic heterocycles. The molecule has 76 valence electrons. The predicted molar refractivity (Wildman–Crippen MR) is 57.6 cm³/mol. The van der Waals surface area contributed by atoms with Crippen LogP contribution in [0.15, 0.2) is 18.2 Å². The zero-order valence-electron chi connectivity index (χ0n) is 8.96. The summed E-state index contributed by atoms with van der Waals surface area (Å²) in [5, 5.41) is 12.9. The molecule has 1 aliphatic rings. The summed E-state index contributed by atoms with van der Waals surface area (Å²) in [5.74, 6) is 0.410. The number of phenols is 1. The molecular weight excluding hydrogens is 174 g/mol. The molecule has 1 aromatic carbocycles. The monoisotopic (exact) mass is 191 g/mol. The number of hydrogen-bond acceptors (Lipinski definition) is 2. The summed E-state index contributed by atoms with van der Waals surface area (Å²) in [6.07, 6.45) is 0. The van der Waals surface area contributed by atoms with Crippen molar-refractivity contribution in [3.63, 3.8) is 0 Å². The largest absolute Gasteiger partial charge is 0.508 e. The molecule has 2 N–H and O–H groups in total. The molecule has 1 atom stereocenters. The Hall–Kier alpha value is -1.02. The summed E-state index contributed by atoms with van der Waals surface area (Å²) in [7, 11) is 0. The maximum atomic E-state index is 9.67. The Labute approximate surface area is 85.0 Å². The molecule has 1 aromatic rings. The quantitative estimate of drug-likeness (QED) is 0.669. The Balaban J connectivity index is 2.40. The van der Waals surface area contributed by atoms with Crippen molar-refractivity contribution in [2.24, 2.45) is 0 Å². The standard InChI is InChI=1S/C12H17NO/c1-12(2,3)8-4-5-11(14)9(6-8)10-7-13-10/h4-6,10,13-14H,7H2,1-3H3/t10-/m1/s1. The maximum Gasteiger partial charge on any atom is 0.120 e. The molecular formula is C12H17NO. The van der Waals surface area contributed by atoms with Crippen LogP contribution in [0.3, 0.4) is 0 Å². The van der Waals surface area contributed by atoms with Crippen molar-refractivity contribution in [2.45, 2.75) is 32.2 Å². The van der Waals surface area contributed by atoms with E-state index in [1.807, 2.05) is 6.07 Å². The van der Waals surface area contributed by atoms with Gasteiger partial charge in [-0.25, -0.2) is 0 Å². The van der Waals surface area contributed by atoms with E-state index in [0.717, 1.165) is 12.1 Å². The number of nitrogens with one attached hydrogen (secondary N) is 1. The molecule has 0 amide bonds. The average Bonchev–Trinajstić information content (AvgIpc) is 2.85. The van der Waals surface area contributed by atoms with Gasteiger partial charge in [0.25, 0.3) is 0 Å². The van der Waals surface area contributed by atoms with Gasteiger partial charge in [-0.1, -0.05) is 26.8 Å². The first kappa shape index (κ1) is 9.53. The molecule has 0 radical (unpaired) electrons. The minimum atomic E-state index is 0.150. The molecule has 0 unspecified atom stereocenters. The molecule has 1 saturated heterocycles. The van der Waals surface area contributed by atoms with Gasteiger partial charge >= 0.3 is 0 Å². The van der Waals surface area contributed by atoms with Crippen molar-refractivity contribution in [3.8, 4) is 5.75 Å². The van der Waals surface area contributed by atoms with E-state index in [1.54, 1.807) is 6.07 Å². The van der Waals surface area contributed by atoms with Crippen LogP contribution in [0.4, 0.5) is 0 Å². The van der Waals surface area contributed by atoms with E-state index in [4.69, 9.17) is 0 Å². The second kappa shape index (κ2) is 2.99. The summed E-state index contributed by atoms with van der Waals surface area (Å²) in [5.41, 5.74) is 2.47. The van der Waals surface area contributed by atoms with Gasteiger partial charge in [-0.3, -0.25) is 0 Å². The number of phenolic OH excluding ortho intramolecular Hbond substituents is 1. The van der Waals surface area contributed by atoms with Gasteiger partial charge in [0.05, 0.1) is 0 Å². The van der Waals surface area contributed by atoms with Crippen molar-refractivity contribution in [2.75, 3.05) is 6.54 Å². The van der Waals surface area contributed by atoms with Crippen molar-refractivity contribution >= 4 is 0 Å². The van der Waals surface area contributed by atoms with Crippen LogP contribution in [0.2, 0.25) is 0 Å². The van der Waals surface area contributed by atoms with E-state index in [2.05, 4.69) is 32.2 Å². The molecule has 2 rings (SSSR count). The lowest BCUT2D eigenvalue weighted by molar-refractivity contribution is 0.466. The fourth-order valence-corrected chi connectivity index (χ4v) is 1.58. The highest BCUT2D eigenvalue weighted by molar-refractivity contribution is 5.42. The Kier molecular flexibility index (Phi) is 2.04. The van der Waals surface area contributed by atoms with Gasteiger partial charge in [-0.05, 0) is 23.1 Å². The van der Waals surface area contributed by atoms with Gasteiger partial charge < -0.3 is 10.4 Å². The van der Waals surface area contributed by atoms with Crippen LogP contribution in [0.5, 0.6) is 5.75 Å². The maximum absolute atomic E-state index is 9.67. The molecule has 1 heterocycles. The minimum absolute atomic E-state index is 0.150. The first-order valence-electron chi connectivity index (χ1n) is 5.05. The molecule has 2 heteroatoms. The normalized spacial score (nSPS) is 20.9. The molecule has 0 aromatic heterocycles. The summed E-state index contributed by atoms with van der Waals surface area (Å²) < 4.78 is 0. The third-order valence-electron chi connectivity index (χ3n) is 2.68.